The number of aromatic nitrogens is 1. The Bertz CT molecular complexity index is 814. The summed E-state index contributed by atoms with van der Waals surface area (Å²) in [4.78, 5) is 5.13. The van der Waals surface area contributed by atoms with Gasteiger partial charge in [-0.25, -0.2) is 4.39 Å². The Kier molecular flexibility index (Phi) is 5.60. The van der Waals surface area contributed by atoms with Crippen LogP contribution in [0.2, 0.25) is 0 Å². The third-order valence-corrected chi connectivity index (χ3v) is 5.63. The quantitative estimate of drug-likeness (QED) is 0.580. The van der Waals surface area contributed by atoms with Crippen molar-refractivity contribution < 1.29 is 9.13 Å². The van der Waals surface area contributed by atoms with E-state index in [1.807, 2.05) is 19.9 Å². The van der Waals surface area contributed by atoms with Crippen molar-refractivity contribution in [1.82, 2.24) is 4.98 Å². The zero-order valence-electron chi connectivity index (χ0n) is 17.5. The van der Waals surface area contributed by atoms with Gasteiger partial charge in [-0.3, -0.25) is 4.98 Å². The highest BCUT2D eigenvalue weighted by Gasteiger charge is 2.26. The first-order chi connectivity index (χ1) is 12.7. The third-order valence-electron chi connectivity index (χ3n) is 5.63. The van der Waals surface area contributed by atoms with Crippen LogP contribution in [0.5, 0.6) is 5.75 Å². The lowest BCUT2D eigenvalue weighted by Gasteiger charge is -2.25. The molecule has 0 bridgehead atoms. The molecule has 146 valence electrons. The van der Waals surface area contributed by atoms with E-state index in [0.717, 1.165) is 16.8 Å². The second kappa shape index (κ2) is 7.61. The van der Waals surface area contributed by atoms with Gasteiger partial charge in [0.2, 0.25) is 0 Å². The van der Waals surface area contributed by atoms with E-state index >= 15 is 0 Å². The minimum absolute atomic E-state index is 0.110. The SMILES string of the molecule is COc1cc(F)c(C(C)C)cc1-c1ccc(C2CCCC2)nc1C(C)(C)C. The highest BCUT2D eigenvalue weighted by Crippen LogP contribution is 2.41. The number of hydrogen-bond acceptors (Lipinski definition) is 2. The van der Waals surface area contributed by atoms with Crippen LogP contribution in [0.3, 0.4) is 0 Å². The molecule has 0 unspecified atom stereocenters. The summed E-state index contributed by atoms with van der Waals surface area (Å²) in [5.74, 6) is 1.04. The summed E-state index contributed by atoms with van der Waals surface area (Å²) in [6.45, 7) is 10.6. The molecule has 0 saturated heterocycles. The number of halogens is 1. The van der Waals surface area contributed by atoms with Crippen molar-refractivity contribution in [3.05, 3.63) is 47.0 Å². The molecule has 3 heteroatoms. The summed E-state index contributed by atoms with van der Waals surface area (Å²) >= 11 is 0. The number of nitrogens with zero attached hydrogens (tertiary/aromatic N) is 1. The van der Waals surface area contributed by atoms with Crippen molar-refractivity contribution in [3.63, 3.8) is 0 Å². The average Bonchev–Trinajstić information content (AvgIpc) is 3.14. The van der Waals surface area contributed by atoms with E-state index in [1.54, 1.807) is 7.11 Å². The fourth-order valence-electron chi connectivity index (χ4n) is 4.11. The topological polar surface area (TPSA) is 22.1 Å². The molecular formula is C24H32FNO. The van der Waals surface area contributed by atoms with Crippen molar-refractivity contribution >= 4 is 0 Å². The van der Waals surface area contributed by atoms with Crippen molar-refractivity contribution in [1.29, 1.82) is 0 Å². The fraction of sp³-hybridized carbons (Fsp3) is 0.542. The smallest absolute Gasteiger partial charge is 0.130 e. The van der Waals surface area contributed by atoms with Gasteiger partial charge < -0.3 is 4.74 Å². The first kappa shape index (κ1) is 19.9. The number of methoxy groups -OCH3 is 1. The average molecular weight is 370 g/mol. The van der Waals surface area contributed by atoms with E-state index in [4.69, 9.17) is 9.72 Å². The Morgan fingerprint density at radius 1 is 1.07 bits per heavy atom. The summed E-state index contributed by atoms with van der Waals surface area (Å²) in [5.41, 5.74) is 4.84. The van der Waals surface area contributed by atoms with Gasteiger partial charge in [0.15, 0.2) is 0 Å². The summed E-state index contributed by atoms with van der Waals surface area (Å²) in [5, 5.41) is 0. The van der Waals surface area contributed by atoms with Gasteiger partial charge in [0.25, 0.3) is 0 Å². The van der Waals surface area contributed by atoms with Crippen LogP contribution >= 0.6 is 0 Å². The number of benzene rings is 1. The second-order valence-electron chi connectivity index (χ2n) is 9.09. The van der Waals surface area contributed by atoms with Gasteiger partial charge in [0, 0.05) is 34.2 Å². The van der Waals surface area contributed by atoms with Crippen LogP contribution in [0.4, 0.5) is 4.39 Å². The lowest BCUT2D eigenvalue weighted by Crippen LogP contribution is -2.17. The Labute approximate surface area is 163 Å². The lowest BCUT2D eigenvalue weighted by molar-refractivity contribution is 0.412. The molecular weight excluding hydrogens is 337 g/mol. The molecule has 0 atom stereocenters. The van der Waals surface area contributed by atoms with Crippen molar-refractivity contribution in [2.45, 2.75) is 77.6 Å². The van der Waals surface area contributed by atoms with Gasteiger partial charge in [0.05, 0.1) is 12.8 Å². The lowest BCUT2D eigenvalue weighted by atomic mass is 9.84. The van der Waals surface area contributed by atoms with Crippen LogP contribution in [0.25, 0.3) is 11.1 Å². The van der Waals surface area contributed by atoms with Gasteiger partial charge in [-0.1, -0.05) is 53.5 Å². The molecule has 2 aromatic rings. The standard InChI is InChI=1S/C24H32FNO/c1-15(2)18-13-19(22(27-6)14-20(18)25)17-11-12-21(16-9-7-8-10-16)26-23(17)24(3,4)5/h11-16H,7-10H2,1-6H3. The first-order valence-corrected chi connectivity index (χ1v) is 10.1. The van der Waals surface area contributed by atoms with Gasteiger partial charge in [-0.15, -0.1) is 0 Å². The van der Waals surface area contributed by atoms with E-state index in [9.17, 15) is 4.39 Å². The highest BCUT2D eigenvalue weighted by atomic mass is 19.1. The van der Waals surface area contributed by atoms with Crippen LogP contribution in [0.1, 0.15) is 89.1 Å². The molecule has 0 amide bonds. The predicted octanol–water partition coefficient (Wildman–Crippen LogP) is 6.97. The van der Waals surface area contributed by atoms with Crippen molar-refractivity contribution in [2.24, 2.45) is 0 Å². The Morgan fingerprint density at radius 2 is 1.74 bits per heavy atom. The molecule has 1 heterocycles. The molecule has 0 N–H and O–H groups in total. The van der Waals surface area contributed by atoms with Crippen molar-refractivity contribution in [3.8, 4) is 16.9 Å². The Balaban J connectivity index is 2.20. The maximum absolute atomic E-state index is 14.5. The van der Waals surface area contributed by atoms with Crippen LogP contribution in [-0.4, -0.2) is 12.1 Å². The van der Waals surface area contributed by atoms with Crippen LogP contribution in [0.15, 0.2) is 24.3 Å². The first-order valence-electron chi connectivity index (χ1n) is 10.1. The van der Waals surface area contributed by atoms with E-state index in [-0.39, 0.29) is 17.2 Å². The molecule has 2 nitrogen and oxygen atoms in total. The van der Waals surface area contributed by atoms with E-state index in [2.05, 4.69) is 32.9 Å². The largest absolute Gasteiger partial charge is 0.496 e. The molecule has 1 fully saturated rings. The van der Waals surface area contributed by atoms with E-state index in [0.29, 0.717) is 17.2 Å². The predicted molar refractivity (Wildman–Crippen MR) is 110 cm³/mol. The summed E-state index contributed by atoms with van der Waals surface area (Å²) < 4.78 is 20.0. The fourth-order valence-corrected chi connectivity index (χ4v) is 4.11. The maximum Gasteiger partial charge on any atom is 0.130 e. The van der Waals surface area contributed by atoms with Gasteiger partial charge in [-0.2, -0.15) is 0 Å². The number of rotatable bonds is 4. The van der Waals surface area contributed by atoms with Gasteiger partial charge in [-0.05, 0) is 36.5 Å². The Morgan fingerprint density at radius 3 is 2.30 bits per heavy atom. The molecule has 1 aromatic heterocycles. The molecule has 0 spiro atoms. The molecule has 1 aromatic carbocycles. The molecule has 27 heavy (non-hydrogen) atoms. The van der Waals surface area contributed by atoms with Crippen LogP contribution < -0.4 is 4.74 Å². The number of ether oxygens (including phenoxy) is 1. The number of hydrogen-bond donors (Lipinski definition) is 0. The second-order valence-corrected chi connectivity index (χ2v) is 9.09. The minimum atomic E-state index is -0.210. The molecule has 1 aliphatic carbocycles. The van der Waals surface area contributed by atoms with Crippen LogP contribution in [-0.2, 0) is 5.41 Å². The van der Waals surface area contributed by atoms with Crippen molar-refractivity contribution in [2.75, 3.05) is 7.11 Å². The van der Waals surface area contributed by atoms with Gasteiger partial charge in [0.1, 0.15) is 11.6 Å². The summed E-state index contributed by atoms with van der Waals surface area (Å²) in [6.07, 6.45) is 5.05. The maximum atomic E-state index is 14.5. The van der Waals surface area contributed by atoms with E-state index in [1.165, 1.54) is 37.4 Å². The highest BCUT2D eigenvalue weighted by molar-refractivity contribution is 5.74. The zero-order valence-corrected chi connectivity index (χ0v) is 17.5. The normalized spacial score (nSPS) is 15.6. The Hall–Kier alpha value is -1.90. The molecule has 1 aliphatic rings. The minimum Gasteiger partial charge on any atom is -0.496 e. The van der Waals surface area contributed by atoms with Gasteiger partial charge >= 0.3 is 0 Å². The molecule has 0 radical (unpaired) electrons. The molecule has 0 aliphatic heterocycles. The molecule has 3 rings (SSSR count). The van der Waals surface area contributed by atoms with Crippen LogP contribution in [0, 0.1) is 5.82 Å². The van der Waals surface area contributed by atoms with E-state index < -0.39 is 0 Å². The summed E-state index contributed by atoms with van der Waals surface area (Å²) in [7, 11) is 1.60. The number of pyridine rings is 1. The molecule has 1 saturated carbocycles. The summed E-state index contributed by atoms with van der Waals surface area (Å²) in [6, 6.07) is 7.79. The zero-order chi connectivity index (χ0) is 19.8. The monoisotopic (exact) mass is 369 g/mol. The third kappa shape index (κ3) is 4.02.